The summed E-state index contributed by atoms with van der Waals surface area (Å²) >= 11 is 0. The molecule has 0 radical (unpaired) electrons. The Morgan fingerprint density at radius 1 is 1.04 bits per heavy atom. The van der Waals surface area contributed by atoms with Crippen LogP contribution in [-0.4, -0.2) is 82.1 Å². The van der Waals surface area contributed by atoms with Crippen LogP contribution in [0.2, 0.25) is 0 Å². The first-order valence-electron chi connectivity index (χ1n) is 9.67. The molecule has 3 rings (SSSR count). The molecule has 148 valence electrons. The van der Waals surface area contributed by atoms with Crippen molar-refractivity contribution in [3.05, 3.63) is 28.2 Å². The van der Waals surface area contributed by atoms with Gasteiger partial charge in [-0.15, -0.1) is 0 Å². The average molecular weight is 375 g/mol. The van der Waals surface area contributed by atoms with E-state index in [0.717, 1.165) is 13.1 Å². The predicted molar refractivity (Wildman–Crippen MR) is 101 cm³/mol. The lowest BCUT2D eigenvalue weighted by Gasteiger charge is -2.38. The molecule has 1 aromatic heterocycles. The Morgan fingerprint density at radius 2 is 1.67 bits per heavy atom. The lowest BCUT2D eigenvalue weighted by Crippen LogP contribution is -2.53. The number of aryl methyl sites for hydroxylation is 1. The molecule has 2 atom stereocenters. The van der Waals surface area contributed by atoms with Crippen molar-refractivity contribution in [3.8, 4) is 0 Å². The van der Waals surface area contributed by atoms with Gasteiger partial charge in [0.25, 0.3) is 11.5 Å². The third-order valence-electron chi connectivity index (χ3n) is 5.42. The molecular formula is C19H29N5O3. The van der Waals surface area contributed by atoms with Crippen molar-refractivity contribution in [1.29, 1.82) is 0 Å². The van der Waals surface area contributed by atoms with Gasteiger partial charge in [0.15, 0.2) is 0 Å². The maximum atomic E-state index is 12.6. The van der Waals surface area contributed by atoms with Gasteiger partial charge in [0, 0.05) is 52.4 Å². The summed E-state index contributed by atoms with van der Waals surface area (Å²) in [5.41, 5.74) is 0.0362. The highest BCUT2D eigenvalue weighted by Crippen LogP contribution is 2.21. The van der Waals surface area contributed by atoms with Crippen molar-refractivity contribution >= 4 is 11.8 Å². The molecule has 8 nitrogen and oxygen atoms in total. The molecule has 2 aliphatic rings. The molecule has 2 amide bonds. The quantitative estimate of drug-likeness (QED) is 0.746. The molecule has 2 unspecified atom stereocenters. The standard InChI is InChI=1S/C19H29N5O3/c1-14-10-15(2)12-24(11-14)18(26)13-22-6-8-23(9-7-22)19(27)16-4-5-17(25)21(3)20-16/h4-5,14-15H,6-13H2,1-3H3. The molecule has 0 bridgehead atoms. The van der Waals surface area contributed by atoms with E-state index in [1.807, 2.05) is 4.90 Å². The van der Waals surface area contributed by atoms with Crippen LogP contribution in [0.5, 0.6) is 0 Å². The van der Waals surface area contributed by atoms with Crippen molar-refractivity contribution in [2.24, 2.45) is 18.9 Å². The molecule has 0 spiro atoms. The van der Waals surface area contributed by atoms with Gasteiger partial charge in [-0.05, 0) is 24.3 Å². The first kappa shape index (κ1) is 19.5. The van der Waals surface area contributed by atoms with Gasteiger partial charge in [0.1, 0.15) is 5.69 Å². The van der Waals surface area contributed by atoms with E-state index in [1.54, 1.807) is 4.90 Å². The average Bonchev–Trinajstić information content (AvgIpc) is 2.63. The van der Waals surface area contributed by atoms with E-state index < -0.39 is 0 Å². The molecule has 8 heteroatoms. The number of likely N-dealkylation sites (tertiary alicyclic amines) is 1. The minimum Gasteiger partial charge on any atom is -0.341 e. The summed E-state index contributed by atoms with van der Waals surface area (Å²) < 4.78 is 1.17. The minimum absolute atomic E-state index is 0.171. The summed E-state index contributed by atoms with van der Waals surface area (Å²) in [6, 6.07) is 2.83. The van der Waals surface area contributed by atoms with E-state index in [9.17, 15) is 14.4 Å². The zero-order valence-corrected chi connectivity index (χ0v) is 16.4. The van der Waals surface area contributed by atoms with E-state index >= 15 is 0 Å². The molecule has 0 N–H and O–H groups in total. The minimum atomic E-state index is -0.240. The van der Waals surface area contributed by atoms with Crippen molar-refractivity contribution in [1.82, 2.24) is 24.5 Å². The Balaban J connectivity index is 1.51. The fourth-order valence-corrected chi connectivity index (χ4v) is 4.05. The van der Waals surface area contributed by atoms with Crippen LogP contribution in [0.15, 0.2) is 16.9 Å². The molecule has 2 aliphatic heterocycles. The second-order valence-corrected chi connectivity index (χ2v) is 7.99. The summed E-state index contributed by atoms with van der Waals surface area (Å²) in [6.07, 6.45) is 1.18. The molecule has 27 heavy (non-hydrogen) atoms. The lowest BCUT2D eigenvalue weighted by atomic mass is 9.92. The number of carbonyl (C=O) groups excluding carboxylic acids is 2. The fourth-order valence-electron chi connectivity index (χ4n) is 4.05. The normalized spacial score (nSPS) is 24.1. The maximum Gasteiger partial charge on any atom is 0.274 e. The fraction of sp³-hybridized carbons (Fsp3) is 0.684. The van der Waals surface area contributed by atoms with E-state index in [-0.39, 0.29) is 23.1 Å². The number of hydrogen-bond acceptors (Lipinski definition) is 5. The first-order valence-corrected chi connectivity index (χ1v) is 9.67. The van der Waals surface area contributed by atoms with E-state index in [0.29, 0.717) is 44.6 Å². The first-order chi connectivity index (χ1) is 12.8. The van der Waals surface area contributed by atoms with Crippen molar-refractivity contribution < 1.29 is 9.59 Å². The Bertz CT molecular complexity index is 744. The van der Waals surface area contributed by atoms with E-state index in [4.69, 9.17) is 0 Å². The zero-order valence-electron chi connectivity index (χ0n) is 16.4. The molecule has 1 aromatic rings. The molecule has 0 saturated carbocycles. The lowest BCUT2D eigenvalue weighted by molar-refractivity contribution is -0.135. The van der Waals surface area contributed by atoms with Crippen LogP contribution in [0.3, 0.4) is 0 Å². The molecular weight excluding hydrogens is 346 g/mol. The van der Waals surface area contributed by atoms with E-state index in [1.165, 1.54) is 30.3 Å². The van der Waals surface area contributed by atoms with Crippen LogP contribution in [0, 0.1) is 11.8 Å². The van der Waals surface area contributed by atoms with Crippen LogP contribution >= 0.6 is 0 Å². The maximum absolute atomic E-state index is 12.6. The highest BCUT2D eigenvalue weighted by atomic mass is 16.2. The van der Waals surface area contributed by atoms with Crippen molar-refractivity contribution in [2.45, 2.75) is 20.3 Å². The monoisotopic (exact) mass is 375 g/mol. The van der Waals surface area contributed by atoms with Crippen LogP contribution in [0.4, 0.5) is 0 Å². The largest absolute Gasteiger partial charge is 0.341 e. The van der Waals surface area contributed by atoms with Gasteiger partial charge in [-0.25, -0.2) is 4.68 Å². The van der Waals surface area contributed by atoms with Crippen LogP contribution in [0.25, 0.3) is 0 Å². The van der Waals surface area contributed by atoms with Gasteiger partial charge >= 0.3 is 0 Å². The van der Waals surface area contributed by atoms with Crippen LogP contribution in [-0.2, 0) is 11.8 Å². The van der Waals surface area contributed by atoms with Crippen LogP contribution < -0.4 is 5.56 Å². The second-order valence-electron chi connectivity index (χ2n) is 7.99. The molecule has 2 fully saturated rings. The second kappa shape index (κ2) is 8.21. The Labute approximate surface area is 159 Å². The smallest absolute Gasteiger partial charge is 0.274 e. The Morgan fingerprint density at radius 3 is 2.26 bits per heavy atom. The highest BCUT2D eigenvalue weighted by molar-refractivity contribution is 5.92. The summed E-state index contributed by atoms with van der Waals surface area (Å²) in [5.74, 6) is 1.13. The van der Waals surface area contributed by atoms with Gasteiger partial charge in [-0.2, -0.15) is 5.10 Å². The van der Waals surface area contributed by atoms with Gasteiger partial charge in [0.05, 0.1) is 6.54 Å². The van der Waals surface area contributed by atoms with Gasteiger partial charge < -0.3 is 9.80 Å². The van der Waals surface area contributed by atoms with Gasteiger partial charge in [-0.1, -0.05) is 13.8 Å². The number of hydrogen-bond donors (Lipinski definition) is 0. The molecule has 2 saturated heterocycles. The third kappa shape index (κ3) is 4.74. The third-order valence-corrected chi connectivity index (χ3v) is 5.42. The number of aromatic nitrogens is 2. The number of piperidine rings is 1. The zero-order chi connectivity index (χ0) is 19.6. The van der Waals surface area contributed by atoms with Crippen molar-refractivity contribution in [2.75, 3.05) is 45.8 Å². The SMILES string of the molecule is CC1CC(C)CN(C(=O)CN2CCN(C(=O)c3ccc(=O)n(C)n3)CC2)C1. The Kier molecular flexibility index (Phi) is 5.94. The number of piperazine rings is 1. The number of carbonyl (C=O) groups is 2. The van der Waals surface area contributed by atoms with Crippen LogP contribution in [0.1, 0.15) is 30.8 Å². The number of rotatable bonds is 3. The topological polar surface area (TPSA) is 78.8 Å². The number of nitrogens with zero attached hydrogens (tertiary/aromatic N) is 5. The molecule has 0 aromatic carbocycles. The number of amides is 2. The van der Waals surface area contributed by atoms with Gasteiger partial charge in [-0.3, -0.25) is 19.3 Å². The summed E-state index contributed by atoms with van der Waals surface area (Å²) in [4.78, 5) is 42.5. The van der Waals surface area contributed by atoms with Crippen molar-refractivity contribution in [3.63, 3.8) is 0 Å². The predicted octanol–water partition coefficient (Wildman–Crippen LogP) is 0.0426. The summed E-state index contributed by atoms with van der Waals surface area (Å²) in [6.45, 7) is 8.97. The summed E-state index contributed by atoms with van der Waals surface area (Å²) in [7, 11) is 1.53. The molecule has 0 aliphatic carbocycles. The van der Waals surface area contributed by atoms with Gasteiger partial charge in [0.2, 0.25) is 5.91 Å². The Hall–Kier alpha value is -2.22. The van der Waals surface area contributed by atoms with E-state index in [2.05, 4.69) is 23.8 Å². The molecule has 3 heterocycles. The summed E-state index contributed by atoms with van der Waals surface area (Å²) in [5, 5.41) is 4.03. The highest BCUT2D eigenvalue weighted by Gasteiger charge is 2.28.